The first-order chi connectivity index (χ1) is 8.91. The summed E-state index contributed by atoms with van der Waals surface area (Å²) in [5.41, 5.74) is -0.0348. The van der Waals surface area contributed by atoms with Crippen LogP contribution in [-0.4, -0.2) is 41.6 Å². The minimum atomic E-state index is -0.0348. The highest BCUT2D eigenvalue weighted by Gasteiger charge is 2.24. The van der Waals surface area contributed by atoms with Gasteiger partial charge in [0.05, 0.1) is 0 Å². The smallest absolute Gasteiger partial charge is 0.138 e. The average Bonchev–Trinajstić information content (AvgIpc) is 2.90. The number of thioether (sulfide) groups is 1. The molecule has 1 saturated heterocycles. The van der Waals surface area contributed by atoms with Crippen LogP contribution in [0.2, 0.25) is 0 Å². The highest BCUT2D eigenvalue weighted by molar-refractivity contribution is 7.99. The van der Waals surface area contributed by atoms with Crippen LogP contribution in [0, 0.1) is 0 Å². The Hall–Kier alpha value is -0.970. The van der Waals surface area contributed by atoms with Crippen LogP contribution < -0.4 is 10.2 Å². The largest absolute Gasteiger partial charge is 0.373 e. The SMILES string of the molecule is CNc1cc(N(C)C2CCSC2)nc(C(C)(C)C)n1. The van der Waals surface area contributed by atoms with Gasteiger partial charge in [-0.3, -0.25) is 0 Å². The van der Waals surface area contributed by atoms with E-state index < -0.39 is 0 Å². The molecule has 1 aliphatic rings. The van der Waals surface area contributed by atoms with Crippen LogP contribution in [0.1, 0.15) is 33.0 Å². The molecule has 1 N–H and O–H groups in total. The van der Waals surface area contributed by atoms with E-state index in [1.54, 1.807) is 0 Å². The maximum atomic E-state index is 4.76. The van der Waals surface area contributed by atoms with Gasteiger partial charge in [0.25, 0.3) is 0 Å². The Morgan fingerprint density at radius 1 is 1.37 bits per heavy atom. The number of anilines is 2. The average molecular weight is 280 g/mol. The molecular formula is C14H24N4S. The summed E-state index contributed by atoms with van der Waals surface area (Å²) in [7, 11) is 4.05. The molecule has 0 amide bonds. The van der Waals surface area contributed by atoms with Crippen LogP contribution in [0.15, 0.2) is 6.07 Å². The molecule has 0 aromatic carbocycles. The lowest BCUT2D eigenvalue weighted by Gasteiger charge is -2.27. The summed E-state index contributed by atoms with van der Waals surface area (Å²) in [5, 5.41) is 3.14. The van der Waals surface area contributed by atoms with E-state index in [1.807, 2.05) is 24.9 Å². The zero-order valence-corrected chi connectivity index (χ0v) is 13.3. The van der Waals surface area contributed by atoms with Crippen molar-refractivity contribution in [3.05, 3.63) is 11.9 Å². The molecule has 1 unspecified atom stereocenters. The molecule has 19 heavy (non-hydrogen) atoms. The quantitative estimate of drug-likeness (QED) is 0.922. The van der Waals surface area contributed by atoms with Crippen molar-refractivity contribution in [2.75, 3.05) is 35.8 Å². The number of rotatable bonds is 3. The van der Waals surface area contributed by atoms with Crippen LogP contribution in [0.4, 0.5) is 11.6 Å². The van der Waals surface area contributed by atoms with Crippen molar-refractivity contribution in [3.8, 4) is 0 Å². The normalized spacial score (nSPS) is 19.5. The van der Waals surface area contributed by atoms with Gasteiger partial charge in [-0.25, -0.2) is 9.97 Å². The number of hydrogen-bond acceptors (Lipinski definition) is 5. The molecule has 0 aliphatic carbocycles. The van der Waals surface area contributed by atoms with Gasteiger partial charge in [0, 0.05) is 37.4 Å². The minimum absolute atomic E-state index is 0.0348. The van der Waals surface area contributed by atoms with Crippen LogP contribution in [0.5, 0.6) is 0 Å². The summed E-state index contributed by atoms with van der Waals surface area (Å²) in [6.45, 7) is 6.45. The van der Waals surface area contributed by atoms with Crippen molar-refractivity contribution in [3.63, 3.8) is 0 Å². The maximum absolute atomic E-state index is 4.76. The Balaban J connectivity index is 2.33. The lowest BCUT2D eigenvalue weighted by atomic mass is 9.96. The zero-order valence-electron chi connectivity index (χ0n) is 12.5. The lowest BCUT2D eigenvalue weighted by Crippen LogP contribution is -2.33. The summed E-state index contributed by atoms with van der Waals surface area (Å²) >= 11 is 2.02. The fraction of sp³-hybridized carbons (Fsp3) is 0.714. The maximum Gasteiger partial charge on any atom is 0.138 e. The molecule has 0 radical (unpaired) electrons. The van der Waals surface area contributed by atoms with E-state index in [2.05, 4.69) is 43.0 Å². The summed E-state index contributed by atoms with van der Waals surface area (Å²) in [6.07, 6.45) is 1.24. The third kappa shape index (κ3) is 3.32. The molecule has 0 spiro atoms. The molecule has 5 heteroatoms. The highest BCUT2D eigenvalue weighted by atomic mass is 32.2. The van der Waals surface area contributed by atoms with Crippen molar-refractivity contribution in [2.24, 2.45) is 0 Å². The van der Waals surface area contributed by atoms with Crippen LogP contribution in [0.3, 0.4) is 0 Å². The molecule has 106 valence electrons. The standard InChI is InChI=1S/C14H24N4S/c1-14(2,3)13-16-11(15-4)8-12(17-13)18(5)10-6-7-19-9-10/h8,10H,6-7,9H2,1-5H3,(H,15,16,17). The van der Waals surface area contributed by atoms with Crippen molar-refractivity contribution in [2.45, 2.75) is 38.6 Å². The number of nitrogens with one attached hydrogen (secondary N) is 1. The molecule has 1 fully saturated rings. The van der Waals surface area contributed by atoms with Gasteiger partial charge in [-0.15, -0.1) is 0 Å². The van der Waals surface area contributed by atoms with Crippen molar-refractivity contribution in [1.82, 2.24) is 9.97 Å². The molecule has 4 nitrogen and oxygen atoms in total. The molecule has 1 aromatic heterocycles. The Morgan fingerprint density at radius 2 is 2.11 bits per heavy atom. The number of hydrogen-bond donors (Lipinski definition) is 1. The highest BCUT2D eigenvalue weighted by Crippen LogP contribution is 2.28. The molecule has 1 aliphatic heterocycles. The molecule has 1 atom stereocenters. The molecule has 1 aromatic rings. The predicted octanol–water partition coefficient (Wildman–Crippen LogP) is 2.76. The lowest BCUT2D eigenvalue weighted by molar-refractivity contribution is 0.543. The Morgan fingerprint density at radius 3 is 2.63 bits per heavy atom. The molecule has 2 rings (SSSR count). The van der Waals surface area contributed by atoms with E-state index in [4.69, 9.17) is 4.98 Å². The van der Waals surface area contributed by atoms with Gasteiger partial charge >= 0.3 is 0 Å². The van der Waals surface area contributed by atoms with Crippen molar-refractivity contribution < 1.29 is 0 Å². The minimum Gasteiger partial charge on any atom is -0.373 e. The van der Waals surface area contributed by atoms with Crippen molar-refractivity contribution >= 4 is 23.4 Å². The Bertz CT molecular complexity index is 436. The van der Waals surface area contributed by atoms with E-state index >= 15 is 0 Å². The van der Waals surface area contributed by atoms with E-state index in [-0.39, 0.29) is 5.41 Å². The van der Waals surface area contributed by atoms with Gasteiger partial charge in [0.15, 0.2) is 0 Å². The summed E-state index contributed by atoms with van der Waals surface area (Å²) in [4.78, 5) is 11.6. The summed E-state index contributed by atoms with van der Waals surface area (Å²) in [5.74, 6) is 5.27. The fourth-order valence-corrected chi connectivity index (χ4v) is 3.36. The van der Waals surface area contributed by atoms with Gasteiger partial charge in [0.2, 0.25) is 0 Å². The fourth-order valence-electron chi connectivity index (χ4n) is 2.09. The molecular weight excluding hydrogens is 256 g/mol. The molecule has 0 bridgehead atoms. The summed E-state index contributed by atoms with van der Waals surface area (Å²) in [6, 6.07) is 2.63. The third-order valence-corrected chi connectivity index (χ3v) is 4.60. The van der Waals surface area contributed by atoms with Gasteiger partial charge in [-0.2, -0.15) is 11.8 Å². The topological polar surface area (TPSA) is 41.0 Å². The van der Waals surface area contributed by atoms with Crippen LogP contribution >= 0.6 is 11.8 Å². The van der Waals surface area contributed by atoms with Crippen molar-refractivity contribution in [1.29, 1.82) is 0 Å². The van der Waals surface area contributed by atoms with Gasteiger partial charge in [0.1, 0.15) is 17.5 Å². The van der Waals surface area contributed by atoms with Gasteiger partial charge < -0.3 is 10.2 Å². The van der Waals surface area contributed by atoms with Crippen LogP contribution in [0.25, 0.3) is 0 Å². The second-order valence-corrected chi connectivity index (χ2v) is 7.21. The van der Waals surface area contributed by atoms with Gasteiger partial charge in [-0.05, 0) is 12.2 Å². The van der Waals surface area contributed by atoms with E-state index in [1.165, 1.54) is 17.9 Å². The second kappa shape index (κ2) is 5.57. The Labute approximate surface area is 120 Å². The third-order valence-electron chi connectivity index (χ3n) is 3.45. The first kappa shape index (κ1) is 14.4. The van der Waals surface area contributed by atoms with Gasteiger partial charge in [-0.1, -0.05) is 20.8 Å². The number of aromatic nitrogens is 2. The first-order valence-electron chi connectivity index (χ1n) is 6.79. The van der Waals surface area contributed by atoms with E-state index in [0.717, 1.165) is 17.5 Å². The van der Waals surface area contributed by atoms with E-state index in [9.17, 15) is 0 Å². The Kier molecular flexibility index (Phi) is 4.23. The van der Waals surface area contributed by atoms with Crippen LogP contribution in [-0.2, 0) is 5.41 Å². The zero-order chi connectivity index (χ0) is 14.0. The predicted molar refractivity (Wildman–Crippen MR) is 84.4 cm³/mol. The monoisotopic (exact) mass is 280 g/mol. The van der Waals surface area contributed by atoms with E-state index in [0.29, 0.717) is 6.04 Å². The summed E-state index contributed by atoms with van der Waals surface area (Å²) < 4.78 is 0. The number of nitrogens with zero attached hydrogens (tertiary/aromatic N) is 3. The second-order valence-electron chi connectivity index (χ2n) is 6.06. The molecule has 0 saturated carbocycles. The molecule has 2 heterocycles. The first-order valence-corrected chi connectivity index (χ1v) is 7.95.